The van der Waals surface area contributed by atoms with Crippen molar-refractivity contribution in [2.24, 2.45) is 0 Å². The molecular weight excluding hydrogens is 290 g/mol. The Morgan fingerprint density at radius 3 is 2.90 bits per heavy atom. The number of hydrogen-bond acceptors (Lipinski definition) is 9. The van der Waals surface area contributed by atoms with Crippen LogP contribution in [-0.4, -0.2) is 41.2 Å². The molecule has 0 aliphatic heterocycles. The molecule has 104 valence electrons. The number of nitrogen functional groups attached to an aromatic ring is 1. The number of nitrogens with two attached hydrogens (primary N) is 1. The largest absolute Gasteiger partial charge is 0.480 e. The van der Waals surface area contributed by atoms with E-state index in [0.29, 0.717) is 5.03 Å². The third-order valence-electron chi connectivity index (χ3n) is 2.05. The van der Waals surface area contributed by atoms with Gasteiger partial charge in [0, 0.05) is 6.07 Å². The summed E-state index contributed by atoms with van der Waals surface area (Å²) in [5.41, 5.74) is 5.15. The van der Waals surface area contributed by atoms with Gasteiger partial charge in [-0.1, -0.05) is 0 Å². The molecule has 2 aromatic heterocycles. The number of nitrogens with zero attached hydrogens (tertiary/aromatic N) is 6. The summed E-state index contributed by atoms with van der Waals surface area (Å²) >= 11 is 0.947. The van der Waals surface area contributed by atoms with Crippen LogP contribution in [0.15, 0.2) is 22.3 Å². The van der Waals surface area contributed by atoms with Crippen LogP contribution < -0.4 is 5.73 Å². The molecule has 0 amide bonds. The maximum Gasteiger partial charge on any atom is 0.325 e. The molecule has 0 aliphatic rings. The molecule has 0 spiro atoms. The predicted molar refractivity (Wildman–Crippen MR) is 64.9 cm³/mol. The van der Waals surface area contributed by atoms with Gasteiger partial charge in [-0.25, -0.2) is 9.67 Å². The van der Waals surface area contributed by atoms with E-state index in [0.717, 1.165) is 16.4 Å². The summed E-state index contributed by atoms with van der Waals surface area (Å²) in [6.07, 6.45) is 0. The molecule has 3 N–H and O–H groups in total. The summed E-state index contributed by atoms with van der Waals surface area (Å²) in [5, 5.41) is 30.3. The Morgan fingerprint density at radius 2 is 2.30 bits per heavy atom. The molecule has 0 aromatic carbocycles. The summed E-state index contributed by atoms with van der Waals surface area (Å²) in [6.45, 7) is -0.405. The van der Waals surface area contributed by atoms with E-state index < -0.39 is 17.4 Å². The van der Waals surface area contributed by atoms with Gasteiger partial charge in [-0.2, -0.15) is 0 Å². The Labute approximate surface area is 114 Å². The van der Waals surface area contributed by atoms with E-state index in [9.17, 15) is 14.9 Å². The van der Waals surface area contributed by atoms with Gasteiger partial charge in [-0.15, -0.1) is 5.10 Å². The monoisotopic (exact) mass is 297 g/mol. The van der Waals surface area contributed by atoms with Crippen LogP contribution in [0.1, 0.15) is 0 Å². The number of rotatable bonds is 5. The lowest BCUT2D eigenvalue weighted by molar-refractivity contribution is -0.384. The normalized spacial score (nSPS) is 10.4. The number of carboxylic acids is 1. The number of hydrogen-bond donors (Lipinski definition) is 2. The minimum absolute atomic E-state index is 0.188. The van der Waals surface area contributed by atoms with Gasteiger partial charge in [0.2, 0.25) is 11.0 Å². The first kappa shape index (κ1) is 13.7. The van der Waals surface area contributed by atoms with Crippen LogP contribution in [0.2, 0.25) is 0 Å². The van der Waals surface area contributed by atoms with Gasteiger partial charge in [-0.05, 0) is 28.3 Å². The van der Waals surface area contributed by atoms with Crippen molar-refractivity contribution in [3.63, 3.8) is 0 Å². The molecule has 0 saturated heterocycles. The molecule has 0 atom stereocenters. The van der Waals surface area contributed by atoms with Gasteiger partial charge < -0.3 is 10.8 Å². The minimum Gasteiger partial charge on any atom is -0.480 e. The number of anilines is 1. The van der Waals surface area contributed by atoms with E-state index in [1.807, 2.05) is 0 Å². The summed E-state index contributed by atoms with van der Waals surface area (Å²) in [7, 11) is 0. The molecular formula is C8H7N7O4S. The van der Waals surface area contributed by atoms with E-state index >= 15 is 0 Å². The van der Waals surface area contributed by atoms with Gasteiger partial charge in [0.1, 0.15) is 11.6 Å². The summed E-state index contributed by atoms with van der Waals surface area (Å²) in [5.74, 6) is -1.34. The molecule has 11 nitrogen and oxygen atoms in total. The first-order valence-corrected chi connectivity index (χ1v) is 5.85. The summed E-state index contributed by atoms with van der Waals surface area (Å²) < 4.78 is 1.06. The first-order valence-electron chi connectivity index (χ1n) is 5.04. The zero-order valence-electron chi connectivity index (χ0n) is 9.70. The van der Waals surface area contributed by atoms with Gasteiger partial charge >= 0.3 is 11.7 Å². The minimum atomic E-state index is -1.10. The smallest absolute Gasteiger partial charge is 0.325 e. The molecule has 0 fully saturated rings. The lowest BCUT2D eigenvalue weighted by Crippen LogP contribution is -2.11. The second-order valence-electron chi connectivity index (χ2n) is 3.43. The van der Waals surface area contributed by atoms with Crippen molar-refractivity contribution < 1.29 is 14.8 Å². The van der Waals surface area contributed by atoms with E-state index in [4.69, 9.17) is 10.8 Å². The van der Waals surface area contributed by atoms with Crippen molar-refractivity contribution in [2.45, 2.75) is 16.7 Å². The van der Waals surface area contributed by atoms with Crippen LogP contribution in [0.25, 0.3) is 0 Å². The highest BCUT2D eigenvalue weighted by molar-refractivity contribution is 7.99. The van der Waals surface area contributed by atoms with Crippen molar-refractivity contribution in [3.05, 3.63) is 22.2 Å². The third-order valence-corrected chi connectivity index (χ3v) is 2.96. The summed E-state index contributed by atoms with van der Waals surface area (Å²) in [4.78, 5) is 24.4. The van der Waals surface area contributed by atoms with E-state index in [-0.39, 0.29) is 16.7 Å². The Bertz CT molecular complexity index is 673. The maximum absolute atomic E-state index is 10.6. The Kier molecular flexibility index (Phi) is 3.74. The molecule has 0 bridgehead atoms. The van der Waals surface area contributed by atoms with Gasteiger partial charge in [0.25, 0.3) is 0 Å². The lowest BCUT2D eigenvalue weighted by atomic mass is 10.4. The Balaban J connectivity index is 2.22. The highest BCUT2D eigenvalue weighted by Crippen LogP contribution is 2.27. The molecule has 20 heavy (non-hydrogen) atoms. The molecule has 2 rings (SSSR count). The van der Waals surface area contributed by atoms with Crippen LogP contribution in [0.5, 0.6) is 0 Å². The van der Waals surface area contributed by atoms with E-state index in [1.54, 1.807) is 0 Å². The number of aliphatic carboxylic acids is 1. The lowest BCUT2D eigenvalue weighted by Gasteiger charge is -2.02. The number of carbonyl (C=O) groups is 1. The quantitative estimate of drug-likeness (QED) is 0.557. The van der Waals surface area contributed by atoms with Crippen molar-refractivity contribution in [2.75, 3.05) is 5.73 Å². The number of pyridine rings is 1. The fourth-order valence-corrected chi connectivity index (χ4v) is 2.00. The predicted octanol–water partition coefficient (Wildman–Crippen LogP) is -0.206. The third kappa shape index (κ3) is 2.97. The van der Waals surface area contributed by atoms with Crippen LogP contribution in [0.3, 0.4) is 0 Å². The van der Waals surface area contributed by atoms with E-state index in [2.05, 4.69) is 20.5 Å². The maximum atomic E-state index is 10.6. The van der Waals surface area contributed by atoms with Crippen LogP contribution in [0.4, 0.5) is 11.5 Å². The highest BCUT2D eigenvalue weighted by atomic mass is 32.2. The topological polar surface area (TPSA) is 163 Å². The van der Waals surface area contributed by atoms with E-state index in [1.165, 1.54) is 12.1 Å². The molecule has 12 heteroatoms. The second-order valence-corrected chi connectivity index (χ2v) is 4.41. The molecule has 0 saturated carbocycles. The zero-order chi connectivity index (χ0) is 14.7. The molecule has 0 aliphatic carbocycles. The Morgan fingerprint density at radius 1 is 1.55 bits per heavy atom. The molecule has 0 unspecified atom stereocenters. The second kappa shape index (κ2) is 5.48. The number of carboxylic acid groups (broad SMARTS) is 1. The highest BCUT2D eigenvalue weighted by Gasteiger charge is 2.16. The SMILES string of the molecule is Nc1nc(Sc2nnnn2CC(=O)O)ccc1[N+](=O)[O-]. The molecule has 2 aromatic rings. The van der Waals surface area contributed by atoms with Gasteiger partial charge in [0.05, 0.1) is 4.92 Å². The number of nitro groups is 1. The van der Waals surface area contributed by atoms with Gasteiger partial charge in [-0.3, -0.25) is 14.9 Å². The van der Waals surface area contributed by atoms with Crippen LogP contribution in [0, 0.1) is 10.1 Å². The zero-order valence-corrected chi connectivity index (χ0v) is 10.5. The average Bonchev–Trinajstić information content (AvgIpc) is 2.75. The fourth-order valence-electron chi connectivity index (χ4n) is 1.25. The fraction of sp³-hybridized carbons (Fsp3) is 0.125. The standard InChI is InChI=1S/C8H7N7O4S/c9-7-4(15(18)19)1-2-5(10-7)20-8-11-12-13-14(8)3-6(16)17/h1-2H,3H2,(H2,9,10)(H,16,17). The number of aromatic nitrogens is 5. The van der Waals surface area contributed by atoms with Crippen molar-refractivity contribution in [1.29, 1.82) is 0 Å². The van der Waals surface area contributed by atoms with Crippen molar-refractivity contribution in [1.82, 2.24) is 25.2 Å². The molecule has 0 radical (unpaired) electrons. The van der Waals surface area contributed by atoms with Crippen molar-refractivity contribution in [3.8, 4) is 0 Å². The molecule has 2 heterocycles. The first-order chi connectivity index (χ1) is 9.47. The van der Waals surface area contributed by atoms with Crippen LogP contribution >= 0.6 is 11.8 Å². The van der Waals surface area contributed by atoms with Crippen molar-refractivity contribution >= 4 is 29.2 Å². The van der Waals surface area contributed by atoms with Crippen LogP contribution in [-0.2, 0) is 11.3 Å². The number of tetrazole rings is 1. The summed E-state index contributed by atoms with van der Waals surface area (Å²) in [6, 6.07) is 2.58. The van der Waals surface area contributed by atoms with Gasteiger partial charge in [0.15, 0.2) is 0 Å². The average molecular weight is 297 g/mol. The Hall–Kier alpha value is -2.76.